The van der Waals surface area contributed by atoms with Gasteiger partial charge in [-0.05, 0) is 37.8 Å². The molecular weight excluding hydrogens is 326 g/mol. The molecule has 0 spiro atoms. The first-order chi connectivity index (χ1) is 12.1. The van der Waals surface area contributed by atoms with Gasteiger partial charge < -0.3 is 15.3 Å². The van der Waals surface area contributed by atoms with Gasteiger partial charge in [0.05, 0.1) is 5.69 Å². The van der Waals surface area contributed by atoms with Crippen molar-refractivity contribution in [2.45, 2.75) is 58.3 Å². The van der Waals surface area contributed by atoms with Crippen LogP contribution in [0.15, 0.2) is 18.2 Å². The molecule has 0 fully saturated rings. The zero-order chi connectivity index (χ0) is 18.5. The number of rotatable bonds is 12. The number of halogens is 2. The first-order valence-electron chi connectivity index (χ1n) is 9.20. The van der Waals surface area contributed by atoms with Crippen LogP contribution in [0.4, 0.5) is 19.3 Å². The summed E-state index contributed by atoms with van der Waals surface area (Å²) in [6.07, 6.45) is 7.77. The smallest absolute Gasteiger partial charge is 0.321 e. The van der Waals surface area contributed by atoms with Gasteiger partial charge in [-0.15, -0.1) is 0 Å². The highest BCUT2D eigenvalue weighted by Crippen LogP contribution is 2.16. The number of carbonyl (C=O) groups excluding carboxylic acids is 1. The van der Waals surface area contributed by atoms with Crippen LogP contribution in [-0.4, -0.2) is 35.7 Å². The summed E-state index contributed by atoms with van der Waals surface area (Å²) in [7, 11) is 0. The predicted octanol–water partition coefficient (Wildman–Crippen LogP) is 4.93. The number of urea groups is 1. The van der Waals surface area contributed by atoms with E-state index >= 15 is 0 Å². The van der Waals surface area contributed by atoms with Crippen LogP contribution in [0, 0.1) is 11.6 Å². The second kappa shape index (κ2) is 12.6. The number of nitrogens with zero attached hydrogens (tertiary/aromatic N) is 1. The number of aliphatic hydroxyl groups excluding tert-OH is 1. The summed E-state index contributed by atoms with van der Waals surface area (Å²) in [5.41, 5.74) is -0.0160. The van der Waals surface area contributed by atoms with Crippen molar-refractivity contribution in [3.63, 3.8) is 0 Å². The standard InChI is InChI=1S/C19H30F2N2O2/c1-2-3-4-5-7-12-23(13-8-6-9-14-24)19(25)22-18-11-10-16(20)15-17(18)21/h10-11,15,24H,2-9,12-14H2,1H3,(H,22,25). The fraction of sp³-hybridized carbons (Fsp3) is 0.632. The van der Waals surface area contributed by atoms with Crippen molar-refractivity contribution < 1.29 is 18.7 Å². The van der Waals surface area contributed by atoms with Crippen LogP contribution in [0.1, 0.15) is 58.3 Å². The second-order valence-corrected chi connectivity index (χ2v) is 6.24. The van der Waals surface area contributed by atoms with E-state index < -0.39 is 11.6 Å². The topological polar surface area (TPSA) is 52.6 Å². The van der Waals surface area contributed by atoms with E-state index in [1.165, 1.54) is 12.5 Å². The molecule has 0 radical (unpaired) electrons. The lowest BCUT2D eigenvalue weighted by Crippen LogP contribution is -2.36. The Kier molecular flexibility index (Phi) is 10.8. The fourth-order valence-corrected chi connectivity index (χ4v) is 2.60. The number of unbranched alkanes of at least 4 members (excludes halogenated alkanes) is 6. The highest BCUT2D eigenvalue weighted by Gasteiger charge is 2.15. The van der Waals surface area contributed by atoms with Crippen molar-refractivity contribution >= 4 is 11.7 Å². The first-order valence-corrected chi connectivity index (χ1v) is 9.20. The van der Waals surface area contributed by atoms with Crippen LogP contribution in [0.2, 0.25) is 0 Å². The van der Waals surface area contributed by atoms with Crippen LogP contribution in [0.5, 0.6) is 0 Å². The zero-order valence-corrected chi connectivity index (χ0v) is 15.1. The molecule has 0 atom stereocenters. The average Bonchev–Trinajstić information content (AvgIpc) is 2.59. The Labute approximate surface area is 149 Å². The Morgan fingerprint density at radius 1 is 1.04 bits per heavy atom. The first kappa shape index (κ1) is 21.4. The van der Waals surface area contributed by atoms with E-state index in [4.69, 9.17) is 5.11 Å². The number of carbonyl (C=O) groups is 1. The van der Waals surface area contributed by atoms with Gasteiger partial charge in [-0.1, -0.05) is 32.6 Å². The van der Waals surface area contributed by atoms with Crippen molar-refractivity contribution in [3.8, 4) is 0 Å². The molecular formula is C19H30F2N2O2. The number of benzene rings is 1. The predicted molar refractivity (Wildman–Crippen MR) is 96.6 cm³/mol. The molecule has 0 aliphatic heterocycles. The Balaban J connectivity index is 2.56. The largest absolute Gasteiger partial charge is 0.396 e. The van der Waals surface area contributed by atoms with Gasteiger partial charge in [0, 0.05) is 25.8 Å². The maximum Gasteiger partial charge on any atom is 0.321 e. The molecule has 142 valence electrons. The Bertz CT molecular complexity index is 512. The Morgan fingerprint density at radius 2 is 1.68 bits per heavy atom. The fourth-order valence-electron chi connectivity index (χ4n) is 2.60. The van der Waals surface area contributed by atoms with Gasteiger partial charge in [-0.25, -0.2) is 13.6 Å². The Morgan fingerprint density at radius 3 is 2.28 bits per heavy atom. The van der Waals surface area contributed by atoms with Crippen molar-refractivity contribution in [3.05, 3.63) is 29.8 Å². The number of nitrogens with one attached hydrogen (secondary N) is 1. The SMILES string of the molecule is CCCCCCCN(CCCCCO)C(=O)Nc1ccc(F)cc1F. The molecule has 4 nitrogen and oxygen atoms in total. The minimum absolute atomic E-state index is 0.0160. The highest BCUT2D eigenvalue weighted by molar-refractivity contribution is 5.89. The molecule has 0 aromatic heterocycles. The van der Waals surface area contributed by atoms with Crippen LogP contribution in [-0.2, 0) is 0 Å². The van der Waals surface area contributed by atoms with E-state index in [2.05, 4.69) is 12.2 Å². The van der Waals surface area contributed by atoms with Gasteiger partial charge in [0.15, 0.2) is 0 Å². The summed E-state index contributed by atoms with van der Waals surface area (Å²) < 4.78 is 26.7. The van der Waals surface area contributed by atoms with Crippen LogP contribution in [0.3, 0.4) is 0 Å². The van der Waals surface area contributed by atoms with Crippen molar-refractivity contribution in [1.29, 1.82) is 0 Å². The maximum absolute atomic E-state index is 13.7. The summed E-state index contributed by atoms with van der Waals surface area (Å²) in [5, 5.41) is 11.4. The summed E-state index contributed by atoms with van der Waals surface area (Å²) in [4.78, 5) is 14.1. The molecule has 2 N–H and O–H groups in total. The normalized spacial score (nSPS) is 10.7. The van der Waals surface area contributed by atoms with Crippen LogP contribution in [0.25, 0.3) is 0 Å². The molecule has 0 aliphatic rings. The van der Waals surface area contributed by atoms with Gasteiger partial charge in [0.25, 0.3) is 0 Å². The summed E-state index contributed by atoms with van der Waals surface area (Å²) in [6, 6.07) is 2.74. The lowest BCUT2D eigenvalue weighted by molar-refractivity contribution is 0.207. The molecule has 1 aromatic rings. The molecule has 0 bridgehead atoms. The third-order valence-electron chi connectivity index (χ3n) is 4.08. The summed E-state index contributed by atoms with van der Waals surface area (Å²) in [5.74, 6) is -1.45. The number of anilines is 1. The van der Waals surface area contributed by atoms with Gasteiger partial charge in [-0.2, -0.15) is 0 Å². The van der Waals surface area contributed by atoms with E-state index in [0.717, 1.165) is 50.7 Å². The Hall–Kier alpha value is -1.69. The molecule has 6 heteroatoms. The van der Waals surface area contributed by atoms with Crippen LogP contribution < -0.4 is 5.32 Å². The number of aliphatic hydroxyl groups is 1. The number of hydrogen-bond acceptors (Lipinski definition) is 2. The van der Waals surface area contributed by atoms with E-state index in [1.807, 2.05) is 0 Å². The lowest BCUT2D eigenvalue weighted by atomic mass is 10.1. The molecule has 0 saturated carbocycles. The number of amides is 2. The van der Waals surface area contributed by atoms with Gasteiger partial charge >= 0.3 is 6.03 Å². The molecule has 1 rings (SSSR count). The van der Waals surface area contributed by atoms with Crippen LogP contribution >= 0.6 is 0 Å². The summed E-state index contributed by atoms with van der Waals surface area (Å²) in [6.45, 7) is 3.46. The minimum atomic E-state index is -0.781. The summed E-state index contributed by atoms with van der Waals surface area (Å²) >= 11 is 0. The molecule has 25 heavy (non-hydrogen) atoms. The van der Waals surface area contributed by atoms with E-state index in [1.54, 1.807) is 4.90 Å². The zero-order valence-electron chi connectivity index (χ0n) is 15.1. The maximum atomic E-state index is 13.7. The van der Waals surface area contributed by atoms with Crippen molar-refractivity contribution in [2.75, 3.05) is 25.0 Å². The molecule has 0 heterocycles. The monoisotopic (exact) mass is 356 g/mol. The third-order valence-corrected chi connectivity index (χ3v) is 4.08. The molecule has 0 aliphatic carbocycles. The third kappa shape index (κ3) is 8.82. The highest BCUT2D eigenvalue weighted by atomic mass is 19.1. The molecule has 1 aromatic carbocycles. The minimum Gasteiger partial charge on any atom is -0.396 e. The molecule has 2 amide bonds. The van der Waals surface area contributed by atoms with E-state index in [0.29, 0.717) is 19.5 Å². The van der Waals surface area contributed by atoms with Gasteiger partial charge in [-0.3, -0.25) is 0 Å². The van der Waals surface area contributed by atoms with Crippen molar-refractivity contribution in [1.82, 2.24) is 4.90 Å². The second-order valence-electron chi connectivity index (χ2n) is 6.24. The van der Waals surface area contributed by atoms with Gasteiger partial charge in [0.2, 0.25) is 0 Å². The molecule has 0 unspecified atom stereocenters. The van der Waals surface area contributed by atoms with E-state index in [-0.39, 0.29) is 18.3 Å². The van der Waals surface area contributed by atoms with E-state index in [9.17, 15) is 13.6 Å². The number of hydrogen-bond donors (Lipinski definition) is 2. The lowest BCUT2D eigenvalue weighted by Gasteiger charge is -2.23. The van der Waals surface area contributed by atoms with Crippen molar-refractivity contribution in [2.24, 2.45) is 0 Å². The quantitative estimate of drug-likeness (QED) is 0.522. The average molecular weight is 356 g/mol. The molecule has 0 saturated heterocycles. The van der Waals surface area contributed by atoms with Gasteiger partial charge in [0.1, 0.15) is 11.6 Å².